The second kappa shape index (κ2) is 5.96. The maximum Gasteiger partial charge on any atom is 0.356 e. The number of nitrogens with zero attached hydrogens (tertiary/aromatic N) is 2. The molecule has 2 aromatic heterocycles. The van der Waals surface area contributed by atoms with Crippen molar-refractivity contribution in [2.24, 2.45) is 0 Å². The van der Waals surface area contributed by atoms with Crippen molar-refractivity contribution in [2.75, 3.05) is 7.11 Å². The molecule has 0 amide bonds. The fraction of sp³-hybridized carbons (Fsp3) is 0.0526. The number of benzene rings is 2. The number of hydrogen-bond acceptors (Lipinski definition) is 5. The van der Waals surface area contributed by atoms with E-state index in [0.29, 0.717) is 16.8 Å². The number of rotatable bonds is 3. The highest BCUT2D eigenvalue weighted by Crippen LogP contribution is 2.33. The van der Waals surface area contributed by atoms with Gasteiger partial charge in [-0.1, -0.05) is 30.3 Å². The first-order chi connectivity index (χ1) is 12.6. The van der Waals surface area contributed by atoms with Gasteiger partial charge < -0.3 is 9.72 Å². The smallest absolute Gasteiger partial charge is 0.356 e. The van der Waals surface area contributed by atoms with Gasteiger partial charge in [0.05, 0.1) is 23.2 Å². The van der Waals surface area contributed by atoms with Crippen molar-refractivity contribution < 1.29 is 14.5 Å². The average Bonchev–Trinajstić information content (AvgIpc) is 3.05. The topological polar surface area (TPSA) is 98.1 Å². The molecule has 0 saturated heterocycles. The monoisotopic (exact) mass is 347 g/mol. The largest absolute Gasteiger partial charge is 0.464 e. The predicted octanol–water partition coefficient (Wildman–Crippen LogP) is 4.08. The number of H-pyrrole nitrogens is 1. The highest BCUT2D eigenvalue weighted by atomic mass is 16.6. The number of fused-ring (bicyclic) bond motifs is 3. The molecule has 1 N–H and O–H groups in total. The molecule has 0 saturated carbocycles. The minimum atomic E-state index is -0.566. The van der Waals surface area contributed by atoms with Crippen LogP contribution >= 0.6 is 0 Å². The Balaban J connectivity index is 2.08. The Morgan fingerprint density at radius 1 is 1.12 bits per heavy atom. The maximum atomic E-state index is 12.1. The minimum absolute atomic E-state index is 0.0444. The van der Waals surface area contributed by atoms with E-state index < -0.39 is 10.9 Å². The summed E-state index contributed by atoms with van der Waals surface area (Å²) in [6.07, 6.45) is 0. The van der Waals surface area contributed by atoms with Gasteiger partial charge in [0.15, 0.2) is 0 Å². The fourth-order valence-electron chi connectivity index (χ4n) is 3.03. The van der Waals surface area contributed by atoms with Crippen molar-refractivity contribution >= 4 is 33.5 Å². The van der Waals surface area contributed by atoms with Crippen LogP contribution in [0, 0.1) is 10.1 Å². The first kappa shape index (κ1) is 15.8. The van der Waals surface area contributed by atoms with Crippen LogP contribution < -0.4 is 0 Å². The van der Waals surface area contributed by atoms with Gasteiger partial charge in [0.1, 0.15) is 5.69 Å². The Morgan fingerprint density at radius 3 is 2.69 bits per heavy atom. The number of pyridine rings is 1. The van der Waals surface area contributed by atoms with Crippen molar-refractivity contribution in [3.63, 3.8) is 0 Å². The second-order valence-corrected chi connectivity index (χ2v) is 5.75. The van der Waals surface area contributed by atoms with Gasteiger partial charge in [-0.25, -0.2) is 9.78 Å². The molecule has 26 heavy (non-hydrogen) atoms. The van der Waals surface area contributed by atoms with Gasteiger partial charge in [-0.05, 0) is 12.1 Å². The van der Waals surface area contributed by atoms with E-state index in [9.17, 15) is 14.9 Å². The molecule has 2 aromatic carbocycles. The lowest BCUT2D eigenvalue weighted by Crippen LogP contribution is -2.05. The van der Waals surface area contributed by atoms with E-state index in [4.69, 9.17) is 4.74 Å². The molecule has 0 atom stereocenters. The number of para-hydroxylation sites is 1. The number of ether oxygens (including phenoxy) is 1. The number of hydrogen-bond donors (Lipinski definition) is 1. The van der Waals surface area contributed by atoms with E-state index >= 15 is 0 Å². The van der Waals surface area contributed by atoms with E-state index in [2.05, 4.69) is 9.97 Å². The third-order valence-corrected chi connectivity index (χ3v) is 4.22. The van der Waals surface area contributed by atoms with Crippen molar-refractivity contribution in [1.82, 2.24) is 9.97 Å². The van der Waals surface area contributed by atoms with Crippen molar-refractivity contribution in [3.8, 4) is 11.3 Å². The SMILES string of the molecule is COC(=O)c1cc2c([nH]c3ccccc32)c(-c2cccc([N+](=O)[O-])c2)n1. The van der Waals surface area contributed by atoms with Gasteiger partial charge in [0.25, 0.3) is 5.69 Å². The van der Waals surface area contributed by atoms with E-state index in [1.165, 1.54) is 19.2 Å². The van der Waals surface area contributed by atoms with E-state index in [1.807, 2.05) is 24.3 Å². The molecular weight excluding hydrogens is 334 g/mol. The number of nitro benzene ring substituents is 1. The lowest BCUT2D eigenvalue weighted by atomic mass is 10.1. The second-order valence-electron chi connectivity index (χ2n) is 5.75. The molecule has 4 aromatic rings. The third kappa shape index (κ3) is 2.46. The van der Waals surface area contributed by atoms with E-state index in [0.717, 1.165) is 16.3 Å². The number of carbonyl (C=O) groups is 1. The summed E-state index contributed by atoms with van der Waals surface area (Å²) < 4.78 is 4.81. The Labute approximate surface area is 147 Å². The summed E-state index contributed by atoms with van der Waals surface area (Å²) in [4.78, 5) is 30.4. The van der Waals surface area contributed by atoms with Gasteiger partial charge in [-0.3, -0.25) is 10.1 Å². The Kier molecular flexibility index (Phi) is 3.62. The first-order valence-corrected chi connectivity index (χ1v) is 7.83. The van der Waals surface area contributed by atoms with E-state index in [1.54, 1.807) is 18.2 Å². The molecule has 0 radical (unpaired) electrons. The summed E-state index contributed by atoms with van der Waals surface area (Å²) in [5.41, 5.74) is 2.70. The van der Waals surface area contributed by atoms with Crippen LogP contribution in [0.1, 0.15) is 10.5 Å². The number of aromatic amines is 1. The molecular formula is C19H13N3O4. The Hall–Kier alpha value is -3.74. The molecule has 0 fully saturated rings. The third-order valence-electron chi connectivity index (χ3n) is 4.22. The van der Waals surface area contributed by atoms with Crippen LogP contribution in [0.2, 0.25) is 0 Å². The minimum Gasteiger partial charge on any atom is -0.464 e. The zero-order valence-corrected chi connectivity index (χ0v) is 13.7. The van der Waals surface area contributed by atoms with Crippen LogP contribution in [0.15, 0.2) is 54.6 Å². The van der Waals surface area contributed by atoms with Gasteiger partial charge in [-0.15, -0.1) is 0 Å². The molecule has 0 bridgehead atoms. The van der Waals surface area contributed by atoms with Gasteiger partial charge >= 0.3 is 5.97 Å². The van der Waals surface area contributed by atoms with Crippen LogP contribution in [-0.2, 0) is 4.74 Å². The molecule has 0 aliphatic carbocycles. The average molecular weight is 347 g/mol. The molecule has 0 aliphatic rings. The van der Waals surface area contributed by atoms with Crippen LogP contribution in [0.3, 0.4) is 0 Å². The zero-order chi connectivity index (χ0) is 18.3. The number of esters is 1. The lowest BCUT2D eigenvalue weighted by molar-refractivity contribution is -0.384. The van der Waals surface area contributed by atoms with Crippen LogP contribution in [0.4, 0.5) is 5.69 Å². The molecule has 0 unspecified atom stereocenters. The lowest BCUT2D eigenvalue weighted by Gasteiger charge is -2.06. The summed E-state index contributed by atoms with van der Waals surface area (Å²) in [6.45, 7) is 0. The molecule has 7 heteroatoms. The molecule has 0 spiro atoms. The molecule has 0 aliphatic heterocycles. The number of carbonyl (C=O) groups excluding carboxylic acids is 1. The Morgan fingerprint density at radius 2 is 1.92 bits per heavy atom. The van der Waals surface area contributed by atoms with Crippen LogP contribution in [0.5, 0.6) is 0 Å². The number of nitro groups is 1. The highest BCUT2D eigenvalue weighted by molar-refractivity contribution is 6.12. The van der Waals surface area contributed by atoms with Crippen LogP contribution in [-0.4, -0.2) is 28.0 Å². The van der Waals surface area contributed by atoms with Gasteiger partial charge in [0.2, 0.25) is 0 Å². The molecule has 4 rings (SSSR count). The van der Waals surface area contributed by atoms with Crippen molar-refractivity contribution in [2.45, 2.75) is 0 Å². The van der Waals surface area contributed by atoms with Crippen molar-refractivity contribution in [3.05, 3.63) is 70.4 Å². The predicted molar refractivity (Wildman–Crippen MR) is 97.0 cm³/mol. The summed E-state index contributed by atoms with van der Waals surface area (Å²) >= 11 is 0. The normalized spacial score (nSPS) is 11.0. The summed E-state index contributed by atoms with van der Waals surface area (Å²) in [6, 6.07) is 15.5. The summed E-state index contributed by atoms with van der Waals surface area (Å²) in [5, 5.41) is 12.8. The fourth-order valence-corrected chi connectivity index (χ4v) is 3.03. The van der Waals surface area contributed by atoms with Crippen LogP contribution in [0.25, 0.3) is 33.1 Å². The van der Waals surface area contributed by atoms with Gasteiger partial charge in [-0.2, -0.15) is 0 Å². The maximum absolute atomic E-state index is 12.1. The zero-order valence-electron chi connectivity index (χ0n) is 13.7. The summed E-state index contributed by atoms with van der Waals surface area (Å²) in [7, 11) is 1.29. The molecule has 2 heterocycles. The Bertz CT molecular complexity index is 1180. The molecule has 128 valence electrons. The number of methoxy groups -OCH3 is 1. The number of aromatic nitrogens is 2. The molecule has 7 nitrogen and oxygen atoms in total. The highest BCUT2D eigenvalue weighted by Gasteiger charge is 2.18. The quantitative estimate of drug-likeness (QED) is 0.342. The standard InChI is InChI=1S/C19H13N3O4/c1-26-19(23)16-10-14-13-7-2-3-8-15(13)20-18(14)17(21-16)11-5-4-6-12(9-11)22(24)25/h2-10,20H,1H3. The number of non-ortho nitro benzene ring substituents is 1. The van der Waals surface area contributed by atoms with E-state index in [-0.39, 0.29) is 11.4 Å². The van der Waals surface area contributed by atoms with Crippen molar-refractivity contribution in [1.29, 1.82) is 0 Å². The first-order valence-electron chi connectivity index (χ1n) is 7.83. The summed E-state index contributed by atoms with van der Waals surface area (Å²) in [5.74, 6) is -0.566. The number of nitrogens with one attached hydrogen (secondary N) is 1. The van der Waals surface area contributed by atoms with Gasteiger partial charge in [0, 0.05) is 34.0 Å².